The Hall–Kier alpha value is -2.41. The molecular weight excluding hydrogens is 322 g/mol. The second-order valence-corrected chi connectivity index (χ2v) is 5.65. The Balaban J connectivity index is 2.16. The standard InChI is InChI=1S/C15H16ClN3O4/c1-2-15(13(20)21,14(22)23)5-11-7-18-19(9-11)8-10-3-4-12(16)17-6-10/h3-4,6-7,9H,2,5,8H2,1H3,(H,20,21)(H,22,23). The maximum atomic E-state index is 11.4. The lowest BCUT2D eigenvalue weighted by molar-refractivity contribution is -0.164. The van der Waals surface area contributed by atoms with Crippen molar-refractivity contribution in [3.05, 3.63) is 47.0 Å². The number of hydrogen-bond acceptors (Lipinski definition) is 4. The van der Waals surface area contributed by atoms with E-state index in [1.54, 1.807) is 30.1 Å². The van der Waals surface area contributed by atoms with Crippen LogP contribution in [-0.2, 0) is 22.6 Å². The zero-order valence-corrected chi connectivity index (χ0v) is 13.2. The van der Waals surface area contributed by atoms with Crippen molar-refractivity contribution in [1.29, 1.82) is 0 Å². The first-order chi connectivity index (χ1) is 10.9. The molecule has 0 spiro atoms. The van der Waals surface area contributed by atoms with Gasteiger partial charge < -0.3 is 10.2 Å². The topological polar surface area (TPSA) is 105 Å². The molecule has 23 heavy (non-hydrogen) atoms. The minimum Gasteiger partial charge on any atom is -0.480 e. The van der Waals surface area contributed by atoms with Crippen molar-refractivity contribution in [1.82, 2.24) is 14.8 Å². The van der Waals surface area contributed by atoms with Gasteiger partial charge in [-0.25, -0.2) is 4.98 Å². The van der Waals surface area contributed by atoms with Gasteiger partial charge in [-0.15, -0.1) is 0 Å². The van der Waals surface area contributed by atoms with Gasteiger partial charge in [-0.1, -0.05) is 24.6 Å². The lowest BCUT2D eigenvalue weighted by Crippen LogP contribution is -2.40. The van der Waals surface area contributed by atoms with E-state index in [2.05, 4.69) is 10.1 Å². The number of rotatable bonds is 7. The number of nitrogens with zero attached hydrogens (tertiary/aromatic N) is 3. The molecule has 0 aliphatic carbocycles. The lowest BCUT2D eigenvalue weighted by atomic mass is 9.80. The fourth-order valence-corrected chi connectivity index (χ4v) is 2.40. The molecule has 0 fully saturated rings. The van der Waals surface area contributed by atoms with E-state index in [9.17, 15) is 19.8 Å². The molecule has 8 heteroatoms. The highest BCUT2D eigenvalue weighted by molar-refractivity contribution is 6.29. The predicted molar refractivity (Wildman–Crippen MR) is 82.3 cm³/mol. The van der Waals surface area contributed by atoms with Gasteiger partial charge in [-0.2, -0.15) is 5.10 Å². The monoisotopic (exact) mass is 337 g/mol. The van der Waals surface area contributed by atoms with Crippen LogP contribution in [0.15, 0.2) is 30.7 Å². The van der Waals surface area contributed by atoms with Crippen LogP contribution in [0.4, 0.5) is 0 Å². The molecule has 2 aromatic heterocycles. The van der Waals surface area contributed by atoms with Gasteiger partial charge >= 0.3 is 11.9 Å². The molecule has 2 aromatic rings. The highest BCUT2D eigenvalue weighted by Gasteiger charge is 2.45. The molecule has 0 bridgehead atoms. The number of carbonyl (C=O) groups is 2. The molecule has 0 aromatic carbocycles. The summed E-state index contributed by atoms with van der Waals surface area (Å²) >= 11 is 5.72. The zero-order chi connectivity index (χ0) is 17.0. The van der Waals surface area contributed by atoms with Crippen LogP contribution in [0.25, 0.3) is 0 Å². The fourth-order valence-electron chi connectivity index (χ4n) is 2.29. The number of aromatic nitrogens is 3. The third-order valence-electron chi connectivity index (χ3n) is 3.75. The van der Waals surface area contributed by atoms with Crippen molar-refractivity contribution < 1.29 is 19.8 Å². The molecule has 0 radical (unpaired) electrons. The summed E-state index contributed by atoms with van der Waals surface area (Å²) in [6.45, 7) is 1.98. The lowest BCUT2D eigenvalue weighted by Gasteiger charge is -2.22. The molecule has 2 N–H and O–H groups in total. The largest absolute Gasteiger partial charge is 0.480 e. The molecule has 0 atom stereocenters. The van der Waals surface area contributed by atoms with Crippen molar-refractivity contribution in [3.63, 3.8) is 0 Å². The van der Waals surface area contributed by atoms with Gasteiger partial charge in [-0.05, 0) is 23.6 Å². The van der Waals surface area contributed by atoms with E-state index in [0.717, 1.165) is 5.56 Å². The summed E-state index contributed by atoms with van der Waals surface area (Å²) in [7, 11) is 0. The minimum absolute atomic E-state index is 0.00997. The molecule has 7 nitrogen and oxygen atoms in total. The Bertz CT molecular complexity index is 698. The van der Waals surface area contributed by atoms with E-state index in [0.29, 0.717) is 17.3 Å². The van der Waals surface area contributed by atoms with E-state index in [-0.39, 0.29) is 12.8 Å². The van der Waals surface area contributed by atoms with Crippen molar-refractivity contribution in [3.8, 4) is 0 Å². The highest BCUT2D eigenvalue weighted by Crippen LogP contribution is 2.28. The normalized spacial score (nSPS) is 11.4. The Kier molecular flexibility index (Phi) is 5.00. The number of halogens is 1. The second-order valence-electron chi connectivity index (χ2n) is 5.26. The molecule has 0 aliphatic rings. The van der Waals surface area contributed by atoms with Gasteiger partial charge in [0.25, 0.3) is 0 Å². The second kappa shape index (κ2) is 6.78. The average molecular weight is 338 g/mol. The van der Waals surface area contributed by atoms with Crippen LogP contribution >= 0.6 is 11.6 Å². The van der Waals surface area contributed by atoms with E-state index in [1.807, 2.05) is 6.07 Å². The SMILES string of the molecule is CCC(Cc1cnn(Cc2ccc(Cl)nc2)c1)(C(=O)O)C(=O)O. The van der Waals surface area contributed by atoms with Gasteiger partial charge in [0.1, 0.15) is 5.15 Å². The summed E-state index contributed by atoms with van der Waals surface area (Å²) in [6, 6.07) is 3.47. The van der Waals surface area contributed by atoms with Gasteiger partial charge in [0.15, 0.2) is 5.41 Å². The van der Waals surface area contributed by atoms with Crippen LogP contribution in [0.5, 0.6) is 0 Å². The summed E-state index contributed by atoms with van der Waals surface area (Å²) in [5.41, 5.74) is -0.406. The van der Waals surface area contributed by atoms with Gasteiger partial charge in [0, 0.05) is 18.8 Å². The first-order valence-corrected chi connectivity index (χ1v) is 7.33. The van der Waals surface area contributed by atoms with Crippen LogP contribution in [0.3, 0.4) is 0 Å². The molecule has 122 valence electrons. The summed E-state index contributed by atoms with van der Waals surface area (Å²) in [6.07, 6.45) is 4.62. The molecular formula is C15H16ClN3O4. The van der Waals surface area contributed by atoms with Gasteiger partial charge in [0.2, 0.25) is 0 Å². The Morgan fingerprint density at radius 2 is 1.91 bits per heavy atom. The molecule has 0 saturated carbocycles. The number of hydrogen-bond donors (Lipinski definition) is 2. The third-order valence-corrected chi connectivity index (χ3v) is 3.97. The highest BCUT2D eigenvalue weighted by atomic mass is 35.5. The zero-order valence-electron chi connectivity index (χ0n) is 12.4. The molecule has 0 saturated heterocycles. The first kappa shape index (κ1) is 17.0. The van der Waals surface area contributed by atoms with Gasteiger partial charge in [-0.3, -0.25) is 14.3 Å². The third kappa shape index (κ3) is 3.68. The average Bonchev–Trinajstić information content (AvgIpc) is 2.93. The first-order valence-electron chi connectivity index (χ1n) is 6.96. The van der Waals surface area contributed by atoms with Crippen molar-refractivity contribution in [2.45, 2.75) is 26.3 Å². The number of carboxylic acids is 2. The Labute approximate surface area is 137 Å². The van der Waals surface area contributed by atoms with Crippen LogP contribution in [0.2, 0.25) is 5.15 Å². The Morgan fingerprint density at radius 3 is 2.43 bits per heavy atom. The van der Waals surface area contributed by atoms with Crippen molar-refractivity contribution in [2.75, 3.05) is 0 Å². The molecule has 0 amide bonds. The number of carboxylic acid groups (broad SMARTS) is 2. The molecule has 0 unspecified atom stereocenters. The molecule has 0 aliphatic heterocycles. The van der Waals surface area contributed by atoms with Gasteiger partial charge in [0.05, 0.1) is 12.7 Å². The summed E-state index contributed by atoms with van der Waals surface area (Å²) < 4.78 is 1.60. The summed E-state index contributed by atoms with van der Waals surface area (Å²) in [5.74, 6) is -2.69. The van der Waals surface area contributed by atoms with Crippen LogP contribution in [-0.4, -0.2) is 36.9 Å². The minimum atomic E-state index is -1.84. The molecule has 2 heterocycles. The van der Waals surface area contributed by atoms with Crippen LogP contribution in [0.1, 0.15) is 24.5 Å². The smallest absolute Gasteiger partial charge is 0.321 e. The van der Waals surface area contributed by atoms with E-state index in [4.69, 9.17) is 11.6 Å². The van der Waals surface area contributed by atoms with E-state index < -0.39 is 17.4 Å². The number of aliphatic carboxylic acids is 2. The quantitative estimate of drug-likeness (QED) is 0.592. The van der Waals surface area contributed by atoms with E-state index >= 15 is 0 Å². The maximum Gasteiger partial charge on any atom is 0.321 e. The summed E-state index contributed by atoms with van der Waals surface area (Å²) in [4.78, 5) is 26.8. The van der Waals surface area contributed by atoms with E-state index in [1.165, 1.54) is 6.20 Å². The predicted octanol–water partition coefficient (Wildman–Crippen LogP) is 2.09. The van der Waals surface area contributed by atoms with Crippen molar-refractivity contribution in [2.24, 2.45) is 5.41 Å². The number of pyridine rings is 1. The maximum absolute atomic E-state index is 11.4. The fraction of sp³-hybridized carbons (Fsp3) is 0.333. The molecule has 2 rings (SSSR count). The van der Waals surface area contributed by atoms with Crippen LogP contribution < -0.4 is 0 Å². The van der Waals surface area contributed by atoms with Crippen molar-refractivity contribution >= 4 is 23.5 Å². The summed E-state index contributed by atoms with van der Waals surface area (Å²) in [5, 5.41) is 23.1. The van der Waals surface area contributed by atoms with Crippen LogP contribution in [0, 0.1) is 5.41 Å². The Morgan fingerprint density at radius 1 is 1.22 bits per heavy atom.